The number of halogens is 2. The van der Waals surface area contributed by atoms with E-state index in [9.17, 15) is 18.8 Å². The minimum Gasteiger partial charge on any atom is -0.312 e. The summed E-state index contributed by atoms with van der Waals surface area (Å²) in [5, 5.41) is 0. The average molecular weight is 420 g/mol. The Morgan fingerprint density at radius 3 is 2.46 bits per heavy atom. The number of rotatable bonds is 3. The zero-order valence-electron chi connectivity index (χ0n) is 13.5. The van der Waals surface area contributed by atoms with Crippen LogP contribution in [0.2, 0.25) is 0 Å². The van der Waals surface area contributed by atoms with Crippen LogP contribution in [0.3, 0.4) is 0 Å². The van der Waals surface area contributed by atoms with E-state index < -0.39 is 23.5 Å². The van der Waals surface area contributed by atoms with Gasteiger partial charge in [0.25, 0.3) is 5.91 Å². The van der Waals surface area contributed by atoms with Gasteiger partial charge in [-0.2, -0.15) is 0 Å². The average Bonchev–Trinajstić information content (AvgIpc) is 3.02. The van der Waals surface area contributed by atoms with E-state index in [0.717, 1.165) is 0 Å². The van der Waals surface area contributed by atoms with Crippen LogP contribution in [0.1, 0.15) is 16.8 Å². The Balaban J connectivity index is 1.59. The van der Waals surface area contributed by atoms with Crippen LogP contribution in [0, 0.1) is 11.7 Å². The standard InChI is InChI=1S/C18H15BrFN3O3/c19-15-4-2-1-3-14(15)18(26)22-21-17(25)11-9-16(24)23(10-11)13-7-5-12(20)6-8-13/h1-8,11H,9-10H2,(H,21,25)(H,22,26)/t11-/m0/s1. The third kappa shape index (κ3) is 3.91. The van der Waals surface area contributed by atoms with Crippen molar-refractivity contribution in [3.05, 3.63) is 64.4 Å². The summed E-state index contributed by atoms with van der Waals surface area (Å²) >= 11 is 3.27. The van der Waals surface area contributed by atoms with Gasteiger partial charge in [-0.25, -0.2) is 4.39 Å². The van der Waals surface area contributed by atoms with Crippen molar-refractivity contribution in [1.29, 1.82) is 0 Å². The van der Waals surface area contributed by atoms with Gasteiger partial charge in [-0.3, -0.25) is 25.2 Å². The molecule has 1 saturated heterocycles. The molecule has 1 heterocycles. The Morgan fingerprint density at radius 1 is 1.08 bits per heavy atom. The van der Waals surface area contributed by atoms with Crippen LogP contribution in [0.4, 0.5) is 10.1 Å². The SMILES string of the molecule is O=C(NNC(=O)[C@H]1CC(=O)N(c2ccc(F)cc2)C1)c1ccccc1Br. The quantitative estimate of drug-likeness (QED) is 0.749. The fourth-order valence-electron chi connectivity index (χ4n) is 2.69. The molecule has 26 heavy (non-hydrogen) atoms. The van der Waals surface area contributed by atoms with Gasteiger partial charge < -0.3 is 4.90 Å². The number of carbonyl (C=O) groups is 3. The van der Waals surface area contributed by atoms with Crippen molar-refractivity contribution in [2.45, 2.75) is 6.42 Å². The van der Waals surface area contributed by atoms with Gasteiger partial charge in [0.15, 0.2) is 0 Å². The van der Waals surface area contributed by atoms with Crippen LogP contribution in [0.15, 0.2) is 53.0 Å². The lowest BCUT2D eigenvalue weighted by atomic mass is 10.1. The summed E-state index contributed by atoms with van der Waals surface area (Å²) in [7, 11) is 0. The van der Waals surface area contributed by atoms with E-state index in [0.29, 0.717) is 15.7 Å². The van der Waals surface area contributed by atoms with Crippen LogP contribution < -0.4 is 15.8 Å². The first kappa shape index (κ1) is 18.1. The second-order valence-corrected chi connectivity index (χ2v) is 6.66. The van der Waals surface area contributed by atoms with Crippen LogP contribution in [-0.4, -0.2) is 24.3 Å². The number of benzene rings is 2. The summed E-state index contributed by atoms with van der Waals surface area (Å²) in [5.74, 6) is -2.15. The van der Waals surface area contributed by atoms with Crippen molar-refractivity contribution in [3.8, 4) is 0 Å². The maximum atomic E-state index is 13.0. The highest BCUT2D eigenvalue weighted by atomic mass is 79.9. The summed E-state index contributed by atoms with van der Waals surface area (Å²) in [6.07, 6.45) is 0.0219. The molecule has 134 valence electrons. The second kappa shape index (κ2) is 7.65. The van der Waals surface area contributed by atoms with Gasteiger partial charge >= 0.3 is 0 Å². The monoisotopic (exact) mass is 419 g/mol. The number of anilines is 1. The normalized spacial score (nSPS) is 16.5. The molecule has 1 fully saturated rings. The topological polar surface area (TPSA) is 78.5 Å². The molecule has 1 atom stereocenters. The molecule has 6 nitrogen and oxygen atoms in total. The minimum atomic E-state index is -0.605. The van der Waals surface area contributed by atoms with Gasteiger partial charge in [0.05, 0.1) is 11.5 Å². The number of hydrogen-bond donors (Lipinski definition) is 2. The Hall–Kier alpha value is -2.74. The van der Waals surface area contributed by atoms with E-state index in [1.54, 1.807) is 24.3 Å². The molecule has 0 saturated carbocycles. The predicted molar refractivity (Wildman–Crippen MR) is 96.6 cm³/mol. The highest BCUT2D eigenvalue weighted by Gasteiger charge is 2.35. The van der Waals surface area contributed by atoms with Crippen molar-refractivity contribution >= 4 is 39.3 Å². The smallest absolute Gasteiger partial charge is 0.270 e. The van der Waals surface area contributed by atoms with E-state index in [1.807, 2.05) is 0 Å². The Morgan fingerprint density at radius 2 is 1.77 bits per heavy atom. The number of nitrogens with zero attached hydrogens (tertiary/aromatic N) is 1. The molecule has 1 aliphatic heterocycles. The third-order valence-electron chi connectivity index (χ3n) is 4.05. The molecule has 0 aromatic heterocycles. The Kier molecular flexibility index (Phi) is 5.32. The Bertz CT molecular complexity index is 857. The van der Waals surface area contributed by atoms with E-state index in [1.165, 1.54) is 29.2 Å². The third-order valence-corrected chi connectivity index (χ3v) is 4.74. The zero-order chi connectivity index (χ0) is 18.7. The first-order valence-electron chi connectivity index (χ1n) is 7.86. The second-order valence-electron chi connectivity index (χ2n) is 5.81. The van der Waals surface area contributed by atoms with Crippen molar-refractivity contribution in [2.75, 3.05) is 11.4 Å². The molecule has 0 bridgehead atoms. The molecule has 2 N–H and O–H groups in total. The van der Waals surface area contributed by atoms with Crippen molar-refractivity contribution in [1.82, 2.24) is 10.9 Å². The molecule has 3 amide bonds. The highest BCUT2D eigenvalue weighted by molar-refractivity contribution is 9.10. The lowest BCUT2D eigenvalue weighted by molar-refractivity contribution is -0.126. The van der Waals surface area contributed by atoms with E-state index in [-0.39, 0.29) is 18.9 Å². The van der Waals surface area contributed by atoms with E-state index in [2.05, 4.69) is 26.8 Å². The molecule has 0 aliphatic carbocycles. The van der Waals surface area contributed by atoms with Gasteiger partial charge in [0.1, 0.15) is 5.82 Å². The molecule has 8 heteroatoms. The van der Waals surface area contributed by atoms with Crippen LogP contribution in [0.25, 0.3) is 0 Å². The van der Waals surface area contributed by atoms with Gasteiger partial charge in [-0.1, -0.05) is 12.1 Å². The maximum absolute atomic E-state index is 13.0. The molecule has 3 rings (SSSR count). The molecule has 0 spiro atoms. The molecule has 2 aromatic rings. The van der Waals surface area contributed by atoms with Gasteiger partial charge in [-0.05, 0) is 52.3 Å². The van der Waals surface area contributed by atoms with Gasteiger partial charge in [0.2, 0.25) is 11.8 Å². The number of amides is 3. The van der Waals surface area contributed by atoms with E-state index in [4.69, 9.17) is 0 Å². The van der Waals surface area contributed by atoms with Crippen molar-refractivity contribution in [2.24, 2.45) is 5.92 Å². The first-order valence-corrected chi connectivity index (χ1v) is 8.65. The van der Waals surface area contributed by atoms with Gasteiger partial charge in [-0.15, -0.1) is 0 Å². The van der Waals surface area contributed by atoms with Crippen molar-refractivity contribution in [3.63, 3.8) is 0 Å². The summed E-state index contributed by atoms with van der Waals surface area (Å²) in [6.45, 7) is 0.168. The van der Waals surface area contributed by atoms with Gasteiger partial charge in [0, 0.05) is 23.1 Å². The van der Waals surface area contributed by atoms with Crippen molar-refractivity contribution < 1.29 is 18.8 Å². The highest BCUT2D eigenvalue weighted by Crippen LogP contribution is 2.25. The predicted octanol–water partition coefficient (Wildman–Crippen LogP) is 2.40. The number of hydrogen-bond acceptors (Lipinski definition) is 3. The molecule has 2 aromatic carbocycles. The molecule has 1 aliphatic rings. The first-order chi connectivity index (χ1) is 12.5. The fraction of sp³-hybridized carbons (Fsp3) is 0.167. The zero-order valence-corrected chi connectivity index (χ0v) is 15.1. The maximum Gasteiger partial charge on any atom is 0.270 e. The van der Waals surface area contributed by atoms with E-state index >= 15 is 0 Å². The minimum absolute atomic E-state index is 0.0219. The van der Waals surface area contributed by atoms with Crippen LogP contribution in [0.5, 0.6) is 0 Å². The summed E-state index contributed by atoms with van der Waals surface area (Å²) in [5.41, 5.74) is 5.61. The fourth-order valence-corrected chi connectivity index (χ4v) is 3.15. The van der Waals surface area contributed by atoms with Crippen LogP contribution in [-0.2, 0) is 9.59 Å². The van der Waals surface area contributed by atoms with Crippen LogP contribution >= 0.6 is 15.9 Å². The number of nitrogens with one attached hydrogen (secondary N) is 2. The largest absolute Gasteiger partial charge is 0.312 e. The lowest BCUT2D eigenvalue weighted by Gasteiger charge is -2.16. The lowest BCUT2D eigenvalue weighted by Crippen LogP contribution is -2.45. The molecule has 0 unspecified atom stereocenters. The summed E-state index contributed by atoms with van der Waals surface area (Å²) < 4.78 is 13.6. The number of carbonyl (C=O) groups excluding carboxylic acids is 3. The molecular weight excluding hydrogens is 405 g/mol. The summed E-state index contributed by atoms with van der Waals surface area (Å²) in [6, 6.07) is 12.3. The number of hydrazine groups is 1. The molecule has 0 radical (unpaired) electrons. The molecular formula is C18H15BrFN3O3. The summed E-state index contributed by atoms with van der Waals surface area (Å²) in [4.78, 5) is 37.9. The Labute approximate surface area is 157 Å².